The molecule has 0 aliphatic carbocycles. The topological polar surface area (TPSA) is 40.5 Å². The zero-order valence-corrected chi connectivity index (χ0v) is 10.8. The summed E-state index contributed by atoms with van der Waals surface area (Å²) in [5, 5.41) is 12.3. The molecule has 88 valence electrons. The summed E-state index contributed by atoms with van der Waals surface area (Å²) in [5.74, 6) is 0.0137. The van der Waals surface area contributed by atoms with Gasteiger partial charge in [0.2, 0.25) is 0 Å². The highest BCUT2D eigenvalue weighted by molar-refractivity contribution is 7.12. The molecule has 0 saturated carbocycles. The molecule has 1 aliphatic heterocycles. The minimum Gasteiger partial charge on any atom is -0.388 e. The Bertz CT molecular complexity index is 416. The summed E-state index contributed by atoms with van der Waals surface area (Å²) < 4.78 is 0. The normalized spacial score (nSPS) is 29.8. The molecular formula is C11H14ClNO2S. The maximum absolute atomic E-state index is 12.1. The van der Waals surface area contributed by atoms with E-state index in [9.17, 15) is 9.90 Å². The number of nitrogens with zero attached hydrogens (tertiary/aromatic N) is 1. The van der Waals surface area contributed by atoms with Crippen molar-refractivity contribution in [3.05, 3.63) is 21.3 Å². The van der Waals surface area contributed by atoms with Crippen LogP contribution in [0.5, 0.6) is 0 Å². The average Bonchev–Trinajstić information content (AvgIpc) is 2.71. The van der Waals surface area contributed by atoms with Crippen molar-refractivity contribution in [3.63, 3.8) is 0 Å². The van der Waals surface area contributed by atoms with Gasteiger partial charge in [0.25, 0.3) is 5.91 Å². The Morgan fingerprint density at radius 2 is 2.44 bits per heavy atom. The lowest BCUT2D eigenvalue weighted by Gasteiger charge is -2.20. The second-order valence-corrected chi connectivity index (χ2v) is 5.86. The Morgan fingerprint density at radius 3 is 2.88 bits per heavy atom. The fourth-order valence-corrected chi connectivity index (χ4v) is 2.98. The molecule has 2 heterocycles. The third kappa shape index (κ3) is 1.97. The highest BCUT2D eigenvalue weighted by Gasteiger charge is 2.41. The predicted molar refractivity (Wildman–Crippen MR) is 65.0 cm³/mol. The molecule has 1 aliphatic rings. The van der Waals surface area contributed by atoms with Crippen LogP contribution in [0.2, 0.25) is 5.02 Å². The quantitative estimate of drug-likeness (QED) is 0.840. The highest BCUT2D eigenvalue weighted by Crippen LogP contribution is 2.30. The lowest BCUT2D eigenvalue weighted by atomic mass is 9.95. The Labute approximate surface area is 104 Å². The average molecular weight is 260 g/mol. The van der Waals surface area contributed by atoms with Gasteiger partial charge in [-0.2, -0.15) is 0 Å². The van der Waals surface area contributed by atoms with Gasteiger partial charge in [-0.05, 0) is 18.4 Å². The highest BCUT2D eigenvalue weighted by atomic mass is 35.5. The molecule has 1 aromatic rings. The largest absolute Gasteiger partial charge is 0.388 e. The summed E-state index contributed by atoms with van der Waals surface area (Å²) in [5.41, 5.74) is -0.792. The number of carbonyl (C=O) groups excluding carboxylic acids is 1. The maximum Gasteiger partial charge on any atom is 0.265 e. The second kappa shape index (κ2) is 4.02. The molecule has 1 fully saturated rings. The van der Waals surface area contributed by atoms with E-state index in [0.717, 1.165) is 0 Å². The molecule has 1 amide bonds. The van der Waals surface area contributed by atoms with Gasteiger partial charge in [0, 0.05) is 19.0 Å². The molecule has 1 aromatic heterocycles. The molecule has 0 radical (unpaired) electrons. The van der Waals surface area contributed by atoms with E-state index in [0.29, 0.717) is 23.0 Å². The number of hydrogen-bond acceptors (Lipinski definition) is 3. The Hall–Kier alpha value is -0.580. The summed E-state index contributed by atoms with van der Waals surface area (Å²) in [6.45, 7) is 4.67. The van der Waals surface area contributed by atoms with Gasteiger partial charge in [0.05, 0.1) is 10.6 Å². The Balaban J connectivity index is 2.17. The van der Waals surface area contributed by atoms with Gasteiger partial charge in [0.15, 0.2) is 0 Å². The van der Waals surface area contributed by atoms with Gasteiger partial charge in [-0.15, -0.1) is 11.3 Å². The third-order valence-electron chi connectivity index (χ3n) is 3.17. The minimum absolute atomic E-state index is 0.0791. The molecule has 2 atom stereocenters. The number of β-amino-alcohol motifs (C(OH)–C–C–N with tert-alkyl or cyclic N) is 1. The standard InChI is InChI=1S/C11H14ClNO2S/c1-7-5-13(6-11(7,2)15)10(14)9-8(12)3-4-16-9/h3-4,7,15H,5-6H2,1-2H3/t7-,11+/m1/s1. The zero-order valence-electron chi connectivity index (χ0n) is 9.24. The number of likely N-dealkylation sites (tertiary alicyclic amines) is 1. The van der Waals surface area contributed by atoms with E-state index in [4.69, 9.17) is 11.6 Å². The molecular weight excluding hydrogens is 246 g/mol. The van der Waals surface area contributed by atoms with Crippen LogP contribution in [-0.4, -0.2) is 34.6 Å². The van der Waals surface area contributed by atoms with Crippen LogP contribution in [-0.2, 0) is 0 Å². The molecule has 0 spiro atoms. The van der Waals surface area contributed by atoms with Gasteiger partial charge in [-0.1, -0.05) is 18.5 Å². The van der Waals surface area contributed by atoms with Crippen molar-refractivity contribution in [2.24, 2.45) is 5.92 Å². The molecule has 0 bridgehead atoms. The van der Waals surface area contributed by atoms with E-state index < -0.39 is 5.60 Å². The minimum atomic E-state index is -0.792. The van der Waals surface area contributed by atoms with Crippen molar-refractivity contribution in [2.45, 2.75) is 19.4 Å². The van der Waals surface area contributed by atoms with Crippen molar-refractivity contribution in [1.29, 1.82) is 0 Å². The number of thiophene rings is 1. The number of halogens is 1. The van der Waals surface area contributed by atoms with Crippen molar-refractivity contribution in [2.75, 3.05) is 13.1 Å². The van der Waals surface area contributed by atoms with Gasteiger partial charge < -0.3 is 10.0 Å². The number of carbonyl (C=O) groups is 1. The molecule has 1 saturated heterocycles. The van der Waals surface area contributed by atoms with E-state index in [1.54, 1.807) is 23.3 Å². The second-order valence-electron chi connectivity index (χ2n) is 4.54. The lowest BCUT2D eigenvalue weighted by molar-refractivity contribution is 0.0352. The van der Waals surface area contributed by atoms with Crippen molar-refractivity contribution in [3.8, 4) is 0 Å². The number of hydrogen-bond donors (Lipinski definition) is 1. The summed E-state index contributed by atoms with van der Waals surface area (Å²) in [7, 11) is 0. The molecule has 0 aromatic carbocycles. The lowest BCUT2D eigenvalue weighted by Crippen LogP contribution is -2.35. The van der Waals surface area contributed by atoms with E-state index in [2.05, 4.69) is 0 Å². The van der Waals surface area contributed by atoms with Gasteiger partial charge in [-0.3, -0.25) is 4.79 Å². The van der Waals surface area contributed by atoms with Crippen LogP contribution in [0, 0.1) is 5.92 Å². The first kappa shape index (κ1) is 11.9. The number of rotatable bonds is 1. The van der Waals surface area contributed by atoms with E-state index in [1.165, 1.54) is 11.3 Å². The first-order chi connectivity index (χ1) is 7.42. The molecule has 0 unspecified atom stereocenters. The van der Waals surface area contributed by atoms with Crippen LogP contribution >= 0.6 is 22.9 Å². The fourth-order valence-electron chi connectivity index (χ4n) is 1.88. The van der Waals surface area contributed by atoms with Crippen LogP contribution in [0.1, 0.15) is 23.5 Å². The molecule has 2 rings (SSSR count). The molecule has 16 heavy (non-hydrogen) atoms. The Morgan fingerprint density at radius 1 is 1.75 bits per heavy atom. The van der Waals surface area contributed by atoms with E-state index in [-0.39, 0.29) is 11.8 Å². The predicted octanol–water partition coefficient (Wildman–Crippen LogP) is 2.24. The summed E-state index contributed by atoms with van der Waals surface area (Å²) in [6, 6.07) is 1.72. The van der Waals surface area contributed by atoms with Crippen LogP contribution < -0.4 is 0 Å². The van der Waals surface area contributed by atoms with Crippen LogP contribution in [0.25, 0.3) is 0 Å². The van der Waals surface area contributed by atoms with Gasteiger partial charge >= 0.3 is 0 Å². The van der Waals surface area contributed by atoms with Gasteiger partial charge in [0.1, 0.15) is 4.88 Å². The van der Waals surface area contributed by atoms with Crippen molar-refractivity contribution >= 4 is 28.8 Å². The molecule has 5 heteroatoms. The monoisotopic (exact) mass is 259 g/mol. The van der Waals surface area contributed by atoms with E-state index >= 15 is 0 Å². The summed E-state index contributed by atoms with van der Waals surface area (Å²) in [6.07, 6.45) is 0. The fraction of sp³-hybridized carbons (Fsp3) is 0.545. The summed E-state index contributed by atoms with van der Waals surface area (Å²) in [4.78, 5) is 14.3. The maximum atomic E-state index is 12.1. The van der Waals surface area contributed by atoms with Crippen LogP contribution in [0.3, 0.4) is 0 Å². The smallest absolute Gasteiger partial charge is 0.265 e. The van der Waals surface area contributed by atoms with Crippen LogP contribution in [0.4, 0.5) is 0 Å². The molecule has 3 nitrogen and oxygen atoms in total. The number of aliphatic hydroxyl groups is 1. The summed E-state index contributed by atoms with van der Waals surface area (Å²) >= 11 is 7.26. The first-order valence-corrected chi connectivity index (χ1v) is 6.42. The van der Waals surface area contributed by atoms with Crippen molar-refractivity contribution in [1.82, 2.24) is 4.90 Å². The van der Waals surface area contributed by atoms with Crippen molar-refractivity contribution < 1.29 is 9.90 Å². The van der Waals surface area contributed by atoms with Crippen LogP contribution in [0.15, 0.2) is 11.4 Å². The Kier molecular flexibility index (Phi) is 2.99. The SMILES string of the molecule is C[C@@H]1CN(C(=O)c2sccc2Cl)C[C@]1(C)O. The van der Waals surface area contributed by atoms with Gasteiger partial charge in [-0.25, -0.2) is 0 Å². The third-order valence-corrected chi connectivity index (χ3v) is 4.49. The number of amides is 1. The zero-order chi connectivity index (χ0) is 11.9. The molecule has 1 N–H and O–H groups in total. The van der Waals surface area contributed by atoms with E-state index in [1.807, 2.05) is 6.92 Å². The first-order valence-electron chi connectivity index (χ1n) is 5.16.